The molecule has 2 amide bonds. The Hall–Kier alpha value is -3.14. The van der Waals surface area contributed by atoms with Gasteiger partial charge in [0.05, 0.1) is 5.56 Å². The van der Waals surface area contributed by atoms with Crippen molar-refractivity contribution in [3.05, 3.63) is 58.0 Å². The number of ether oxygens (including phenoxy) is 1. The van der Waals surface area contributed by atoms with E-state index in [1.165, 1.54) is 18.2 Å². The van der Waals surface area contributed by atoms with Gasteiger partial charge in [-0.1, -0.05) is 6.07 Å². The zero-order chi connectivity index (χ0) is 20.3. The van der Waals surface area contributed by atoms with E-state index in [9.17, 15) is 27.6 Å². The maximum Gasteiger partial charge on any atom is 0.417 e. The van der Waals surface area contributed by atoms with Crippen molar-refractivity contribution in [3.63, 3.8) is 0 Å². The summed E-state index contributed by atoms with van der Waals surface area (Å²) in [5, 5.41) is 4.78. The Labute approximate surface area is 156 Å². The van der Waals surface area contributed by atoms with Gasteiger partial charge in [-0.3, -0.25) is 14.4 Å². The third kappa shape index (κ3) is 4.58. The van der Waals surface area contributed by atoms with Crippen molar-refractivity contribution >= 4 is 23.2 Å². The van der Waals surface area contributed by atoms with Gasteiger partial charge >= 0.3 is 6.18 Å². The van der Waals surface area contributed by atoms with Crippen molar-refractivity contribution in [2.24, 2.45) is 0 Å². The highest BCUT2D eigenvalue weighted by Crippen LogP contribution is 2.29. The van der Waals surface area contributed by atoms with Crippen LogP contribution in [0.5, 0.6) is 0 Å². The molecule has 1 aliphatic heterocycles. The fourth-order valence-electron chi connectivity index (χ4n) is 2.68. The van der Waals surface area contributed by atoms with E-state index in [0.29, 0.717) is 31.0 Å². The summed E-state index contributed by atoms with van der Waals surface area (Å²) in [5.74, 6) is -1.14. The van der Waals surface area contributed by atoms with E-state index in [1.54, 1.807) is 6.07 Å². The molecule has 3 N–H and O–H groups in total. The highest BCUT2D eigenvalue weighted by molar-refractivity contribution is 6.05. The minimum atomic E-state index is -4.67. The largest absolute Gasteiger partial charge is 0.417 e. The lowest BCUT2D eigenvalue weighted by molar-refractivity contribution is -0.137. The first-order valence-electron chi connectivity index (χ1n) is 8.38. The van der Waals surface area contributed by atoms with Crippen LogP contribution >= 0.6 is 0 Å². The second kappa shape index (κ2) is 7.85. The average Bonchev–Trinajstić information content (AvgIpc) is 3.17. The molecule has 0 radical (unpaired) electrons. The standard InChI is InChI=1S/C18H16F3N3O4/c19-18(20,21)11-8-13(16(26)22-9-11)24-15(25)10-3-1-4-12(7-10)23-17(27)14-5-2-6-28-14/h1,3-4,7-9,14H,2,5-6H2,(H,22,26)(H,23,27)(H,24,25)/t14-/m0/s1. The van der Waals surface area contributed by atoms with E-state index in [-0.39, 0.29) is 11.5 Å². The summed E-state index contributed by atoms with van der Waals surface area (Å²) in [7, 11) is 0. The highest BCUT2D eigenvalue weighted by Gasteiger charge is 2.31. The van der Waals surface area contributed by atoms with Gasteiger partial charge in [0.15, 0.2) is 0 Å². The number of hydrogen-bond acceptors (Lipinski definition) is 4. The normalized spacial score (nSPS) is 16.6. The number of amides is 2. The van der Waals surface area contributed by atoms with E-state index in [0.717, 1.165) is 6.42 Å². The summed E-state index contributed by atoms with van der Waals surface area (Å²) in [6.45, 7) is 0.506. The van der Waals surface area contributed by atoms with Gasteiger partial charge in [-0.25, -0.2) is 0 Å². The molecule has 1 saturated heterocycles. The van der Waals surface area contributed by atoms with Crippen LogP contribution in [0.15, 0.2) is 41.3 Å². The lowest BCUT2D eigenvalue weighted by atomic mass is 10.1. The Kier molecular flexibility index (Phi) is 5.50. The number of carbonyl (C=O) groups is 2. The lowest BCUT2D eigenvalue weighted by Gasteiger charge is -2.12. The molecule has 1 fully saturated rings. The fourth-order valence-corrected chi connectivity index (χ4v) is 2.68. The third-order valence-electron chi connectivity index (χ3n) is 4.09. The molecule has 10 heteroatoms. The molecular weight excluding hydrogens is 379 g/mol. The maximum absolute atomic E-state index is 12.8. The van der Waals surface area contributed by atoms with Crippen LogP contribution in [0.2, 0.25) is 0 Å². The van der Waals surface area contributed by atoms with Crippen molar-refractivity contribution in [2.45, 2.75) is 25.1 Å². The second-order valence-corrected chi connectivity index (χ2v) is 6.15. The second-order valence-electron chi connectivity index (χ2n) is 6.15. The molecule has 0 saturated carbocycles. The van der Waals surface area contributed by atoms with Crippen molar-refractivity contribution in [2.75, 3.05) is 17.2 Å². The van der Waals surface area contributed by atoms with Crippen LogP contribution < -0.4 is 16.2 Å². The Morgan fingerprint density at radius 1 is 1.18 bits per heavy atom. The van der Waals surface area contributed by atoms with Crippen LogP contribution in [0.3, 0.4) is 0 Å². The number of anilines is 2. The van der Waals surface area contributed by atoms with Gasteiger partial charge in [0.1, 0.15) is 11.8 Å². The number of hydrogen-bond donors (Lipinski definition) is 3. The van der Waals surface area contributed by atoms with Crippen molar-refractivity contribution < 1.29 is 27.5 Å². The van der Waals surface area contributed by atoms with Gasteiger partial charge < -0.3 is 20.4 Å². The molecular formula is C18H16F3N3O4. The number of aromatic nitrogens is 1. The molecule has 1 aromatic heterocycles. The van der Waals surface area contributed by atoms with E-state index < -0.39 is 35.0 Å². The van der Waals surface area contributed by atoms with Crippen LogP contribution in [0.4, 0.5) is 24.5 Å². The Morgan fingerprint density at radius 3 is 2.64 bits per heavy atom. The number of halogens is 3. The molecule has 1 aliphatic rings. The molecule has 0 bridgehead atoms. The molecule has 1 aromatic carbocycles. The number of pyridine rings is 1. The first-order valence-corrected chi connectivity index (χ1v) is 8.38. The van der Waals surface area contributed by atoms with Gasteiger partial charge in [0.25, 0.3) is 17.4 Å². The van der Waals surface area contributed by atoms with Crippen LogP contribution in [-0.2, 0) is 15.7 Å². The number of H-pyrrole nitrogens is 1. The number of nitrogens with one attached hydrogen (secondary N) is 3. The zero-order valence-corrected chi connectivity index (χ0v) is 14.4. The first-order chi connectivity index (χ1) is 13.2. The monoisotopic (exact) mass is 395 g/mol. The molecule has 2 heterocycles. The van der Waals surface area contributed by atoms with E-state index >= 15 is 0 Å². The van der Waals surface area contributed by atoms with Crippen LogP contribution in [-0.4, -0.2) is 29.5 Å². The number of alkyl halides is 3. The number of aromatic amines is 1. The zero-order valence-electron chi connectivity index (χ0n) is 14.4. The lowest BCUT2D eigenvalue weighted by Crippen LogP contribution is -2.27. The van der Waals surface area contributed by atoms with Crippen LogP contribution in [0, 0.1) is 0 Å². The third-order valence-corrected chi connectivity index (χ3v) is 4.09. The van der Waals surface area contributed by atoms with Gasteiger partial charge in [0, 0.05) is 24.1 Å². The molecule has 148 valence electrons. The summed E-state index contributed by atoms with van der Waals surface area (Å²) in [6.07, 6.45) is -3.31. The number of benzene rings is 1. The fraction of sp³-hybridized carbons (Fsp3) is 0.278. The number of carbonyl (C=O) groups excluding carboxylic acids is 2. The van der Waals surface area contributed by atoms with Gasteiger partial charge in [-0.2, -0.15) is 13.2 Å². The summed E-state index contributed by atoms with van der Waals surface area (Å²) in [5.41, 5.74) is -2.12. The predicted molar refractivity (Wildman–Crippen MR) is 94.1 cm³/mol. The van der Waals surface area contributed by atoms with Crippen molar-refractivity contribution in [3.8, 4) is 0 Å². The summed E-state index contributed by atoms with van der Waals surface area (Å²) in [4.78, 5) is 38.1. The van der Waals surface area contributed by atoms with Gasteiger partial charge in [-0.15, -0.1) is 0 Å². The molecule has 7 nitrogen and oxygen atoms in total. The van der Waals surface area contributed by atoms with Gasteiger partial charge in [-0.05, 0) is 37.1 Å². The maximum atomic E-state index is 12.8. The highest BCUT2D eigenvalue weighted by atomic mass is 19.4. The molecule has 2 aromatic rings. The Balaban J connectivity index is 1.75. The minimum absolute atomic E-state index is 0.0574. The van der Waals surface area contributed by atoms with E-state index in [1.807, 2.05) is 4.98 Å². The Bertz CT molecular complexity index is 950. The smallest absolute Gasteiger partial charge is 0.368 e. The summed E-state index contributed by atoms with van der Waals surface area (Å²) >= 11 is 0. The SMILES string of the molecule is O=C(Nc1cc(C(F)(F)F)c[nH]c1=O)c1cccc(NC(=O)[C@@H]2CCCO2)c1. The van der Waals surface area contributed by atoms with Crippen LogP contribution in [0.1, 0.15) is 28.8 Å². The Morgan fingerprint density at radius 2 is 1.96 bits per heavy atom. The van der Waals surface area contributed by atoms with E-state index in [4.69, 9.17) is 4.74 Å². The molecule has 0 unspecified atom stereocenters. The molecule has 0 spiro atoms. The quantitative estimate of drug-likeness (QED) is 0.741. The van der Waals surface area contributed by atoms with Crippen LogP contribution in [0.25, 0.3) is 0 Å². The molecule has 28 heavy (non-hydrogen) atoms. The van der Waals surface area contributed by atoms with Crippen molar-refractivity contribution in [1.29, 1.82) is 0 Å². The minimum Gasteiger partial charge on any atom is -0.368 e. The molecule has 1 atom stereocenters. The predicted octanol–water partition coefficient (Wildman–Crippen LogP) is 2.76. The molecule has 3 rings (SSSR count). The average molecular weight is 395 g/mol. The van der Waals surface area contributed by atoms with Gasteiger partial charge in [0.2, 0.25) is 0 Å². The van der Waals surface area contributed by atoms with E-state index in [2.05, 4.69) is 10.6 Å². The van der Waals surface area contributed by atoms with Crippen molar-refractivity contribution in [1.82, 2.24) is 4.98 Å². The molecule has 0 aliphatic carbocycles. The summed E-state index contributed by atoms with van der Waals surface area (Å²) in [6, 6.07) is 6.36. The topological polar surface area (TPSA) is 100 Å². The summed E-state index contributed by atoms with van der Waals surface area (Å²) < 4.78 is 43.6. The number of rotatable bonds is 4. The first kappa shape index (κ1) is 19.6.